The van der Waals surface area contributed by atoms with Gasteiger partial charge in [-0.2, -0.15) is 5.10 Å². The Balaban J connectivity index is 1.13. The topological polar surface area (TPSA) is 153 Å². The fraction of sp³-hybridized carbons (Fsp3) is 0.381. The third-order valence-corrected chi connectivity index (χ3v) is 11.8. The molecule has 0 radical (unpaired) electrons. The van der Waals surface area contributed by atoms with Crippen molar-refractivity contribution in [2.75, 3.05) is 25.5 Å². The number of hydrogen-bond donors (Lipinski definition) is 1. The number of hydrogen-bond acceptors (Lipinski definition) is 10. The van der Waals surface area contributed by atoms with Gasteiger partial charge >= 0.3 is 6.09 Å². The van der Waals surface area contributed by atoms with Crippen molar-refractivity contribution in [2.45, 2.75) is 85.4 Å². The Labute approximate surface area is 335 Å². The number of amides is 3. The lowest BCUT2D eigenvalue weighted by Crippen LogP contribution is -2.57. The molecule has 1 N–H and O–H groups in total. The number of nitrogens with zero attached hydrogens (tertiary/aromatic N) is 9. The summed E-state index contributed by atoms with van der Waals surface area (Å²) in [7, 11) is 1.82. The molecule has 14 nitrogen and oxygen atoms in total. The summed E-state index contributed by atoms with van der Waals surface area (Å²) in [5.74, 6) is -0.455. The van der Waals surface area contributed by atoms with Crippen LogP contribution in [0.25, 0.3) is 27.5 Å². The number of likely N-dealkylation sites (tertiary alicyclic amines) is 1. The van der Waals surface area contributed by atoms with Crippen LogP contribution < -0.4 is 5.32 Å². The summed E-state index contributed by atoms with van der Waals surface area (Å²) in [6.45, 7) is 15.9. The molecule has 7 rings (SSSR count). The van der Waals surface area contributed by atoms with Crippen molar-refractivity contribution in [3.05, 3.63) is 100 Å². The summed E-state index contributed by atoms with van der Waals surface area (Å²) in [6, 6.07) is 17.2. The summed E-state index contributed by atoms with van der Waals surface area (Å²) in [6.07, 6.45) is 3.51. The number of fused-ring (bicyclic) bond motifs is 1. The van der Waals surface area contributed by atoms with Gasteiger partial charge in [-0.15, -0.1) is 16.4 Å². The lowest BCUT2D eigenvalue weighted by Gasteiger charge is -2.43. The molecule has 0 bridgehead atoms. The average molecular weight is 789 g/mol. The van der Waals surface area contributed by atoms with Gasteiger partial charge in [0, 0.05) is 48.3 Å². The van der Waals surface area contributed by atoms with E-state index in [1.807, 2.05) is 73.7 Å². The van der Waals surface area contributed by atoms with Gasteiger partial charge in [0.15, 0.2) is 5.65 Å². The van der Waals surface area contributed by atoms with E-state index in [4.69, 9.17) is 9.72 Å². The summed E-state index contributed by atoms with van der Waals surface area (Å²) in [5, 5.41) is 17.3. The maximum Gasteiger partial charge on any atom is 0.410 e. The molecule has 1 unspecified atom stereocenters. The quantitative estimate of drug-likeness (QED) is 0.165. The zero-order valence-corrected chi connectivity index (χ0v) is 34.6. The van der Waals surface area contributed by atoms with Gasteiger partial charge in [-0.1, -0.05) is 47.2 Å². The van der Waals surface area contributed by atoms with Crippen molar-refractivity contribution in [1.29, 1.82) is 0 Å². The van der Waals surface area contributed by atoms with Crippen LogP contribution in [-0.4, -0.2) is 88.0 Å². The molecule has 1 aliphatic rings. The van der Waals surface area contributed by atoms with Crippen LogP contribution in [-0.2, 0) is 15.1 Å². The number of likely N-dealkylation sites (N-methyl/N-ethyl adjacent to an activating group) is 1. The van der Waals surface area contributed by atoms with Crippen LogP contribution in [0, 0.1) is 27.7 Å². The molecule has 296 valence electrons. The van der Waals surface area contributed by atoms with E-state index >= 15 is 0 Å². The van der Waals surface area contributed by atoms with Gasteiger partial charge in [0.05, 0.1) is 29.0 Å². The number of nitrogens with one attached hydrogen (secondary N) is 1. The Bertz CT molecular complexity index is 2450. The highest BCUT2D eigenvalue weighted by molar-refractivity contribution is 7.15. The molecule has 1 saturated heterocycles. The third kappa shape index (κ3) is 7.88. The molecule has 0 spiro atoms. The molecule has 2 aromatic carbocycles. The smallest absolute Gasteiger partial charge is 0.410 e. The summed E-state index contributed by atoms with van der Waals surface area (Å²) in [5.41, 5.74) is 5.75. The Hall–Kier alpha value is -5.96. The molecular formula is C42H48N10O4S. The molecule has 0 aliphatic carbocycles. The highest BCUT2D eigenvalue weighted by Gasteiger charge is 2.48. The van der Waals surface area contributed by atoms with Gasteiger partial charge in [-0.25, -0.2) is 24.0 Å². The van der Waals surface area contributed by atoms with Crippen LogP contribution in [0.1, 0.15) is 84.5 Å². The predicted octanol–water partition coefficient (Wildman–Crippen LogP) is 7.54. The van der Waals surface area contributed by atoms with Gasteiger partial charge in [0.2, 0.25) is 0 Å². The van der Waals surface area contributed by atoms with Crippen molar-refractivity contribution in [3.63, 3.8) is 0 Å². The highest BCUT2D eigenvalue weighted by atomic mass is 32.1. The second-order valence-electron chi connectivity index (χ2n) is 15.8. The highest BCUT2D eigenvalue weighted by Crippen LogP contribution is 2.39. The van der Waals surface area contributed by atoms with Crippen molar-refractivity contribution in [1.82, 2.24) is 44.4 Å². The minimum absolute atomic E-state index is 0.134. The maximum absolute atomic E-state index is 14.9. The Morgan fingerprint density at radius 3 is 2.28 bits per heavy atom. The van der Waals surface area contributed by atoms with E-state index in [9.17, 15) is 14.4 Å². The number of carbonyl (C=O) groups excluding carboxylic acids is 3. The van der Waals surface area contributed by atoms with Crippen molar-refractivity contribution in [2.24, 2.45) is 0 Å². The molecule has 3 amide bonds. The zero-order valence-electron chi connectivity index (χ0n) is 33.8. The number of ether oxygens (including phenoxy) is 1. The summed E-state index contributed by atoms with van der Waals surface area (Å²) >= 11 is 1.59. The lowest BCUT2D eigenvalue weighted by atomic mass is 9.85. The standard InChI is InChI=1S/C42H48N10O4S/c1-25-10-12-31(13-11-25)38-45-28(4)35(57-38)29(5)49(9)39(54)42(18-20-50(21-19-42)40(55)56-41(6,7)8)51-24-34(47-48-51)30-14-16-32(17-15-30)46-37(53)33-23-43-52-27(3)22-26(2)44-36(33)52/h10-17,22-24,29H,18-21H2,1-9H3,(H,46,53). The largest absolute Gasteiger partial charge is 0.444 e. The number of aromatic nitrogens is 7. The molecule has 4 aromatic heterocycles. The first kappa shape index (κ1) is 39.3. The predicted molar refractivity (Wildman–Crippen MR) is 219 cm³/mol. The van der Waals surface area contributed by atoms with Crippen LogP contribution in [0.2, 0.25) is 0 Å². The van der Waals surface area contributed by atoms with E-state index in [-0.39, 0.29) is 17.9 Å². The molecule has 1 atom stereocenters. The monoisotopic (exact) mass is 788 g/mol. The van der Waals surface area contributed by atoms with Crippen LogP contribution in [0.3, 0.4) is 0 Å². The molecule has 5 heterocycles. The first-order chi connectivity index (χ1) is 27.0. The lowest BCUT2D eigenvalue weighted by molar-refractivity contribution is -0.145. The second-order valence-corrected chi connectivity index (χ2v) is 16.9. The molecule has 1 fully saturated rings. The van der Waals surface area contributed by atoms with Gasteiger partial charge in [0.25, 0.3) is 11.8 Å². The molecule has 0 saturated carbocycles. The third-order valence-electron chi connectivity index (χ3n) is 10.4. The van der Waals surface area contributed by atoms with E-state index in [1.54, 1.807) is 48.7 Å². The number of carbonyl (C=O) groups is 3. The van der Waals surface area contributed by atoms with Gasteiger partial charge < -0.3 is 19.9 Å². The van der Waals surface area contributed by atoms with Crippen molar-refractivity contribution >= 4 is 40.6 Å². The molecular weight excluding hydrogens is 741 g/mol. The van der Waals surface area contributed by atoms with E-state index in [0.29, 0.717) is 48.5 Å². The number of rotatable bonds is 8. The Morgan fingerprint density at radius 2 is 1.61 bits per heavy atom. The van der Waals surface area contributed by atoms with Gasteiger partial charge in [-0.3, -0.25) is 9.59 Å². The van der Waals surface area contributed by atoms with E-state index in [2.05, 4.69) is 56.9 Å². The van der Waals surface area contributed by atoms with Crippen molar-refractivity contribution < 1.29 is 19.1 Å². The first-order valence-electron chi connectivity index (χ1n) is 19.0. The number of thiazole rings is 1. The van der Waals surface area contributed by atoms with Crippen molar-refractivity contribution in [3.8, 4) is 21.8 Å². The van der Waals surface area contributed by atoms with E-state index in [0.717, 1.165) is 38.1 Å². The minimum Gasteiger partial charge on any atom is -0.444 e. The zero-order chi connectivity index (χ0) is 40.8. The normalized spacial score (nSPS) is 14.7. The molecule has 57 heavy (non-hydrogen) atoms. The Kier molecular flexibility index (Phi) is 10.5. The fourth-order valence-corrected chi connectivity index (χ4v) is 8.35. The van der Waals surface area contributed by atoms with Crippen LogP contribution >= 0.6 is 11.3 Å². The van der Waals surface area contributed by atoms with Gasteiger partial charge in [-0.05, 0) is 86.4 Å². The summed E-state index contributed by atoms with van der Waals surface area (Å²) < 4.78 is 8.99. The van der Waals surface area contributed by atoms with E-state index in [1.165, 1.54) is 11.8 Å². The number of aryl methyl sites for hydroxylation is 4. The fourth-order valence-electron chi connectivity index (χ4n) is 7.18. The number of benzene rings is 2. The number of piperidine rings is 1. The first-order valence-corrected chi connectivity index (χ1v) is 19.8. The van der Waals surface area contributed by atoms with Crippen LogP contribution in [0.4, 0.5) is 10.5 Å². The van der Waals surface area contributed by atoms with Gasteiger partial charge in [0.1, 0.15) is 27.4 Å². The molecule has 15 heteroatoms. The second kappa shape index (κ2) is 15.2. The molecule has 1 aliphatic heterocycles. The minimum atomic E-state index is -1.13. The van der Waals surface area contributed by atoms with Crippen LogP contribution in [0.5, 0.6) is 0 Å². The molecule has 6 aromatic rings. The maximum atomic E-state index is 14.9. The number of anilines is 1. The summed E-state index contributed by atoms with van der Waals surface area (Å²) in [4.78, 5) is 55.1. The van der Waals surface area contributed by atoms with Crippen LogP contribution in [0.15, 0.2) is 67.0 Å². The SMILES string of the molecule is Cc1ccc(-c2nc(C)c(C(C)N(C)C(=O)C3(n4cc(-c5ccc(NC(=O)c6cnn7c(C)cc(C)nc67)cc5)nn4)CCN(C(=O)OC(C)(C)C)CC3)s2)cc1. The Morgan fingerprint density at radius 1 is 0.947 bits per heavy atom. The average Bonchev–Trinajstić information content (AvgIpc) is 3.93. The van der Waals surface area contributed by atoms with E-state index < -0.39 is 17.2 Å².